The molecule has 49 heavy (non-hydrogen) atoms. The van der Waals surface area contributed by atoms with E-state index in [-0.39, 0.29) is 51.0 Å². The number of benzene rings is 1. The minimum Gasteiger partial charge on any atom is -0.445 e. The van der Waals surface area contributed by atoms with Gasteiger partial charge in [0.15, 0.2) is 0 Å². The van der Waals surface area contributed by atoms with Gasteiger partial charge in [0, 0.05) is 44.8 Å². The van der Waals surface area contributed by atoms with Crippen LogP contribution in [0.3, 0.4) is 0 Å². The standard InChI is InChI=1S/C32H53N9O8/c1-20(2)26(39-25(43)18-36-24(42)17-33)28(45)38-23(9-8-14-35-30(34)47)27(44)37-22-12-10-21(11-13-22)19-49-31(48)41(7)16-15-40(6)29(46)32(3,4)5/h10-13,20,23,26H,8-9,14-19,33H2,1-7H3,(H,36,42)(H,37,44)(H,38,45)(H,39,43)(H3,34,35,47). The molecule has 0 heterocycles. The zero-order chi connectivity index (χ0) is 37.3. The first-order valence-corrected chi connectivity index (χ1v) is 16.0. The highest BCUT2D eigenvalue weighted by Gasteiger charge is 2.29. The molecular formula is C32H53N9O8. The summed E-state index contributed by atoms with van der Waals surface area (Å²) >= 11 is 0. The van der Waals surface area contributed by atoms with Crippen molar-refractivity contribution in [2.45, 2.75) is 66.2 Å². The van der Waals surface area contributed by atoms with Crippen LogP contribution < -0.4 is 38.1 Å². The van der Waals surface area contributed by atoms with Gasteiger partial charge in [-0.1, -0.05) is 46.8 Å². The molecule has 1 aromatic rings. The summed E-state index contributed by atoms with van der Waals surface area (Å²) in [6.45, 7) is 8.99. The van der Waals surface area contributed by atoms with Crippen molar-refractivity contribution in [2.75, 3.05) is 52.1 Å². The van der Waals surface area contributed by atoms with Crippen LogP contribution in [0.4, 0.5) is 15.3 Å². The molecular weight excluding hydrogens is 638 g/mol. The van der Waals surface area contributed by atoms with E-state index in [4.69, 9.17) is 16.2 Å². The predicted octanol–water partition coefficient (Wildman–Crippen LogP) is -0.153. The van der Waals surface area contributed by atoms with Crippen molar-refractivity contribution in [1.82, 2.24) is 31.1 Å². The van der Waals surface area contributed by atoms with Crippen LogP contribution in [0.15, 0.2) is 24.3 Å². The van der Waals surface area contributed by atoms with Crippen molar-refractivity contribution in [3.05, 3.63) is 29.8 Å². The van der Waals surface area contributed by atoms with Gasteiger partial charge in [0.1, 0.15) is 18.7 Å². The normalized spacial score (nSPS) is 12.2. The van der Waals surface area contributed by atoms with E-state index in [2.05, 4.69) is 26.6 Å². The highest BCUT2D eigenvalue weighted by molar-refractivity contribution is 5.98. The molecule has 0 fully saturated rings. The Bertz CT molecular complexity index is 1300. The molecule has 0 saturated carbocycles. The first kappa shape index (κ1) is 42.1. The Kier molecular flexibility index (Phi) is 17.6. The fourth-order valence-electron chi connectivity index (χ4n) is 4.29. The first-order valence-electron chi connectivity index (χ1n) is 16.0. The number of nitrogens with two attached hydrogens (primary N) is 2. The van der Waals surface area contributed by atoms with E-state index in [1.54, 1.807) is 57.1 Å². The zero-order valence-corrected chi connectivity index (χ0v) is 29.5. The lowest BCUT2D eigenvalue weighted by atomic mass is 9.95. The highest BCUT2D eigenvalue weighted by Crippen LogP contribution is 2.16. The summed E-state index contributed by atoms with van der Waals surface area (Å²) in [7, 11) is 3.26. The van der Waals surface area contributed by atoms with Gasteiger partial charge in [0.25, 0.3) is 0 Å². The van der Waals surface area contributed by atoms with Crippen molar-refractivity contribution < 1.29 is 38.3 Å². The van der Waals surface area contributed by atoms with Crippen LogP contribution in [-0.2, 0) is 35.3 Å². The average Bonchev–Trinajstić information content (AvgIpc) is 3.04. The number of hydrogen-bond acceptors (Lipinski definition) is 9. The fraction of sp³-hybridized carbons (Fsp3) is 0.594. The molecule has 0 spiro atoms. The van der Waals surface area contributed by atoms with E-state index in [1.165, 1.54) is 4.90 Å². The number of likely N-dealkylation sites (N-methyl/N-ethyl adjacent to an activating group) is 2. The first-order chi connectivity index (χ1) is 22.8. The Morgan fingerprint density at radius 2 is 1.47 bits per heavy atom. The van der Waals surface area contributed by atoms with Crippen molar-refractivity contribution in [3.8, 4) is 0 Å². The number of carbonyl (C=O) groups is 7. The molecule has 17 heteroatoms. The number of rotatable bonds is 18. The molecule has 8 amide bonds. The lowest BCUT2D eigenvalue weighted by Crippen LogP contribution is -2.55. The lowest BCUT2D eigenvalue weighted by molar-refractivity contribution is -0.138. The number of anilines is 1. The second-order valence-electron chi connectivity index (χ2n) is 12.9. The van der Waals surface area contributed by atoms with Crippen LogP contribution >= 0.6 is 0 Å². The van der Waals surface area contributed by atoms with Crippen molar-refractivity contribution >= 4 is 47.3 Å². The van der Waals surface area contributed by atoms with Gasteiger partial charge >= 0.3 is 12.1 Å². The van der Waals surface area contributed by atoms with Crippen LogP contribution in [0.25, 0.3) is 0 Å². The van der Waals surface area contributed by atoms with Gasteiger partial charge in [-0.25, -0.2) is 9.59 Å². The SMILES string of the molecule is CC(C)C(NC(=O)CNC(=O)CN)C(=O)NC(CCCNC(N)=O)C(=O)Nc1ccc(COC(=O)N(C)CCN(C)C(=O)C(C)(C)C)cc1. The van der Waals surface area contributed by atoms with Gasteiger partial charge in [-0.05, 0) is 36.5 Å². The Hall–Kier alpha value is -4.93. The van der Waals surface area contributed by atoms with E-state index in [9.17, 15) is 33.6 Å². The molecule has 0 aliphatic rings. The van der Waals surface area contributed by atoms with Crippen LogP contribution in [0.5, 0.6) is 0 Å². The molecule has 9 N–H and O–H groups in total. The molecule has 0 radical (unpaired) electrons. The molecule has 0 saturated heterocycles. The smallest absolute Gasteiger partial charge is 0.409 e. The van der Waals surface area contributed by atoms with Gasteiger partial charge < -0.3 is 52.6 Å². The fourth-order valence-corrected chi connectivity index (χ4v) is 4.29. The Labute approximate surface area is 287 Å². The van der Waals surface area contributed by atoms with Gasteiger partial charge in [0.2, 0.25) is 29.5 Å². The molecule has 274 valence electrons. The summed E-state index contributed by atoms with van der Waals surface area (Å²) in [5, 5.41) is 12.7. The molecule has 0 aliphatic heterocycles. The quantitative estimate of drug-likeness (QED) is 0.101. The Morgan fingerprint density at radius 1 is 0.857 bits per heavy atom. The highest BCUT2D eigenvalue weighted by atomic mass is 16.6. The van der Waals surface area contributed by atoms with Crippen LogP contribution in [0.2, 0.25) is 0 Å². The van der Waals surface area contributed by atoms with Gasteiger partial charge in [-0.3, -0.25) is 24.0 Å². The summed E-state index contributed by atoms with van der Waals surface area (Å²) in [5.74, 6) is -2.72. The van der Waals surface area contributed by atoms with Crippen LogP contribution in [0.1, 0.15) is 53.0 Å². The topological polar surface area (TPSA) is 247 Å². The van der Waals surface area contributed by atoms with Crippen LogP contribution in [-0.4, -0.2) is 110 Å². The van der Waals surface area contributed by atoms with E-state index >= 15 is 0 Å². The van der Waals surface area contributed by atoms with Crippen LogP contribution in [0, 0.1) is 11.3 Å². The monoisotopic (exact) mass is 691 g/mol. The predicted molar refractivity (Wildman–Crippen MR) is 183 cm³/mol. The van der Waals surface area contributed by atoms with E-state index in [0.29, 0.717) is 24.2 Å². The second-order valence-corrected chi connectivity index (χ2v) is 12.9. The molecule has 0 bridgehead atoms. The minimum absolute atomic E-state index is 0.0298. The molecule has 2 atom stereocenters. The maximum Gasteiger partial charge on any atom is 0.409 e. The number of carbonyl (C=O) groups excluding carboxylic acids is 7. The summed E-state index contributed by atoms with van der Waals surface area (Å²) in [6.07, 6.45) is -0.132. The maximum atomic E-state index is 13.3. The molecule has 0 aromatic heterocycles. The number of amides is 8. The summed E-state index contributed by atoms with van der Waals surface area (Å²) < 4.78 is 5.38. The Morgan fingerprint density at radius 3 is 2.02 bits per heavy atom. The van der Waals surface area contributed by atoms with E-state index < -0.39 is 53.3 Å². The third kappa shape index (κ3) is 16.1. The molecule has 0 aliphatic carbocycles. The largest absolute Gasteiger partial charge is 0.445 e. The summed E-state index contributed by atoms with van der Waals surface area (Å²) in [5.41, 5.74) is 10.9. The average molecular weight is 692 g/mol. The third-order valence-electron chi connectivity index (χ3n) is 7.15. The molecule has 2 unspecified atom stereocenters. The minimum atomic E-state index is -1.05. The lowest BCUT2D eigenvalue weighted by Gasteiger charge is -2.27. The zero-order valence-electron chi connectivity index (χ0n) is 29.5. The van der Waals surface area contributed by atoms with E-state index in [1.807, 2.05) is 20.8 Å². The number of primary amides is 1. The third-order valence-corrected chi connectivity index (χ3v) is 7.15. The maximum absolute atomic E-state index is 13.3. The molecule has 17 nitrogen and oxygen atoms in total. The van der Waals surface area contributed by atoms with Crippen molar-refractivity contribution in [1.29, 1.82) is 0 Å². The van der Waals surface area contributed by atoms with Crippen molar-refractivity contribution in [3.63, 3.8) is 0 Å². The number of urea groups is 1. The molecule has 1 aromatic carbocycles. The summed E-state index contributed by atoms with van der Waals surface area (Å²) in [6, 6.07) is 3.75. The van der Waals surface area contributed by atoms with Gasteiger partial charge in [0.05, 0.1) is 13.1 Å². The summed E-state index contributed by atoms with van der Waals surface area (Å²) in [4.78, 5) is 89.1. The van der Waals surface area contributed by atoms with Gasteiger partial charge in [-0.15, -0.1) is 0 Å². The molecule has 1 rings (SSSR count). The van der Waals surface area contributed by atoms with E-state index in [0.717, 1.165) is 0 Å². The number of ether oxygens (including phenoxy) is 1. The second kappa shape index (κ2) is 20.4. The number of hydrogen-bond donors (Lipinski definition) is 7. The number of nitrogens with zero attached hydrogens (tertiary/aromatic N) is 2. The number of nitrogens with one attached hydrogen (secondary N) is 5. The van der Waals surface area contributed by atoms with Gasteiger partial charge in [-0.2, -0.15) is 0 Å². The Balaban J connectivity index is 2.84. The van der Waals surface area contributed by atoms with Crippen molar-refractivity contribution in [2.24, 2.45) is 22.8 Å².